The first-order valence-electron chi connectivity index (χ1n) is 7.66. The van der Waals surface area contributed by atoms with Crippen LogP contribution in [0.5, 0.6) is 0 Å². The molecule has 4 nitrogen and oxygen atoms in total. The second-order valence-electron chi connectivity index (χ2n) is 5.33. The van der Waals surface area contributed by atoms with E-state index in [9.17, 15) is 4.79 Å². The Hall–Kier alpha value is -0.970. The first-order chi connectivity index (χ1) is 10.5. The van der Waals surface area contributed by atoms with E-state index in [1.165, 1.54) is 0 Å². The molecule has 22 heavy (non-hydrogen) atoms. The molecule has 1 aromatic rings. The first-order valence-corrected chi connectivity index (χ1v) is 8.42. The number of esters is 1. The zero-order valence-corrected chi connectivity index (χ0v) is 14.5. The molecule has 1 unspecified atom stereocenters. The molecular weight excluding hydrogens is 323 g/mol. The minimum absolute atomic E-state index is 0.121. The lowest BCUT2D eigenvalue weighted by atomic mass is 10.1. The van der Waals surface area contributed by atoms with Crippen LogP contribution in [-0.2, 0) is 9.53 Å². The van der Waals surface area contributed by atoms with Gasteiger partial charge in [-0.05, 0) is 31.5 Å². The van der Waals surface area contributed by atoms with E-state index >= 15 is 0 Å². The van der Waals surface area contributed by atoms with Gasteiger partial charge in [0.2, 0.25) is 0 Å². The lowest BCUT2D eigenvalue weighted by Gasteiger charge is -2.39. The van der Waals surface area contributed by atoms with Gasteiger partial charge in [-0.25, -0.2) is 0 Å². The number of hydrogen-bond donors (Lipinski definition) is 0. The van der Waals surface area contributed by atoms with E-state index in [4.69, 9.17) is 27.9 Å². The van der Waals surface area contributed by atoms with Crippen molar-refractivity contribution >= 4 is 34.9 Å². The highest BCUT2D eigenvalue weighted by Gasteiger charge is 2.28. The second kappa shape index (κ2) is 8.04. The van der Waals surface area contributed by atoms with Crippen molar-refractivity contribution < 1.29 is 9.53 Å². The topological polar surface area (TPSA) is 32.8 Å². The van der Waals surface area contributed by atoms with Gasteiger partial charge in [0.25, 0.3) is 0 Å². The summed E-state index contributed by atoms with van der Waals surface area (Å²) in [5, 5.41) is 1.28. The largest absolute Gasteiger partial charge is 0.465 e. The van der Waals surface area contributed by atoms with Crippen LogP contribution in [0.3, 0.4) is 0 Å². The van der Waals surface area contributed by atoms with Crippen molar-refractivity contribution in [2.45, 2.75) is 26.3 Å². The predicted molar refractivity (Wildman–Crippen MR) is 91.0 cm³/mol. The molecule has 1 aliphatic heterocycles. The van der Waals surface area contributed by atoms with E-state index in [0.717, 1.165) is 38.3 Å². The highest BCUT2D eigenvalue weighted by atomic mass is 35.5. The molecule has 1 aromatic carbocycles. The highest BCUT2D eigenvalue weighted by molar-refractivity contribution is 6.35. The summed E-state index contributed by atoms with van der Waals surface area (Å²) in [7, 11) is 0. The van der Waals surface area contributed by atoms with Gasteiger partial charge in [0.15, 0.2) is 0 Å². The minimum Gasteiger partial charge on any atom is -0.465 e. The SMILES string of the molecule is CCOC(=O)C(CC)N1CCN(c2cc(Cl)cc(Cl)c2)CC1. The van der Waals surface area contributed by atoms with Crippen molar-refractivity contribution in [1.82, 2.24) is 4.90 Å². The zero-order valence-electron chi connectivity index (χ0n) is 13.0. The number of benzene rings is 1. The van der Waals surface area contributed by atoms with Gasteiger partial charge in [0.05, 0.1) is 6.61 Å². The fourth-order valence-electron chi connectivity index (χ4n) is 2.83. The second-order valence-corrected chi connectivity index (χ2v) is 6.20. The maximum absolute atomic E-state index is 12.0. The fourth-order valence-corrected chi connectivity index (χ4v) is 3.34. The average molecular weight is 345 g/mol. The number of carbonyl (C=O) groups is 1. The fraction of sp³-hybridized carbons (Fsp3) is 0.562. The zero-order chi connectivity index (χ0) is 16.1. The number of hydrogen-bond acceptors (Lipinski definition) is 4. The van der Waals surface area contributed by atoms with Crippen LogP contribution in [0.15, 0.2) is 18.2 Å². The van der Waals surface area contributed by atoms with Crippen LogP contribution in [0.4, 0.5) is 5.69 Å². The Morgan fingerprint density at radius 1 is 1.14 bits per heavy atom. The molecule has 0 aromatic heterocycles. The van der Waals surface area contributed by atoms with Gasteiger partial charge < -0.3 is 9.64 Å². The number of rotatable bonds is 5. The van der Waals surface area contributed by atoms with Gasteiger partial charge in [-0.1, -0.05) is 30.1 Å². The van der Waals surface area contributed by atoms with E-state index in [1.54, 1.807) is 6.07 Å². The van der Waals surface area contributed by atoms with Gasteiger partial charge in [-0.3, -0.25) is 9.69 Å². The molecule has 0 spiro atoms. The summed E-state index contributed by atoms with van der Waals surface area (Å²) in [6.45, 7) is 7.61. The van der Waals surface area contributed by atoms with Crippen LogP contribution in [-0.4, -0.2) is 49.7 Å². The first kappa shape index (κ1) is 17.4. The van der Waals surface area contributed by atoms with Crippen molar-refractivity contribution in [3.05, 3.63) is 28.2 Å². The van der Waals surface area contributed by atoms with Crippen molar-refractivity contribution in [2.24, 2.45) is 0 Å². The van der Waals surface area contributed by atoms with Crippen LogP contribution >= 0.6 is 23.2 Å². The molecule has 0 N–H and O–H groups in total. The van der Waals surface area contributed by atoms with E-state index in [-0.39, 0.29) is 12.0 Å². The molecular formula is C16H22Cl2N2O2. The molecule has 1 atom stereocenters. The smallest absolute Gasteiger partial charge is 0.323 e. The van der Waals surface area contributed by atoms with Crippen LogP contribution in [0.2, 0.25) is 10.0 Å². The third-order valence-electron chi connectivity index (χ3n) is 3.91. The van der Waals surface area contributed by atoms with Crippen molar-refractivity contribution in [3.8, 4) is 0 Å². The summed E-state index contributed by atoms with van der Waals surface area (Å²) in [6.07, 6.45) is 0.766. The summed E-state index contributed by atoms with van der Waals surface area (Å²) in [5.74, 6) is -0.121. The normalized spacial score (nSPS) is 17.4. The van der Waals surface area contributed by atoms with Gasteiger partial charge in [-0.2, -0.15) is 0 Å². The molecule has 0 bridgehead atoms. The lowest BCUT2D eigenvalue weighted by molar-refractivity contribution is -0.149. The third-order valence-corrected chi connectivity index (χ3v) is 4.35. The summed E-state index contributed by atoms with van der Waals surface area (Å²) in [5.41, 5.74) is 1.03. The Morgan fingerprint density at radius 2 is 1.73 bits per heavy atom. The van der Waals surface area contributed by atoms with Gasteiger partial charge >= 0.3 is 5.97 Å². The van der Waals surface area contributed by atoms with Crippen molar-refractivity contribution in [1.29, 1.82) is 0 Å². The number of piperazine rings is 1. The summed E-state index contributed by atoms with van der Waals surface area (Å²) in [4.78, 5) is 16.4. The molecule has 1 heterocycles. The monoisotopic (exact) mass is 344 g/mol. The Labute approximate surface area is 141 Å². The van der Waals surface area contributed by atoms with Gasteiger partial charge in [0.1, 0.15) is 6.04 Å². The molecule has 0 radical (unpaired) electrons. The number of ether oxygens (including phenoxy) is 1. The molecule has 1 aliphatic rings. The van der Waals surface area contributed by atoms with E-state index in [2.05, 4.69) is 9.80 Å². The number of nitrogens with zero attached hydrogens (tertiary/aromatic N) is 2. The standard InChI is InChI=1S/C16H22Cl2N2O2/c1-3-15(16(21)22-4-2)20-7-5-19(6-8-20)14-10-12(17)9-13(18)11-14/h9-11,15H,3-8H2,1-2H3. The van der Waals surface area contributed by atoms with Crippen LogP contribution in [0.1, 0.15) is 20.3 Å². The Kier molecular flexibility index (Phi) is 6.36. The van der Waals surface area contributed by atoms with Crippen LogP contribution < -0.4 is 4.90 Å². The summed E-state index contributed by atoms with van der Waals surface area (Å²) >= 11 is 12.1. The Balaban J connectivity index is 1.98. The van der Waals surface area contributed by atoms with Crippen molar-refractivity contribution in [3.63, 3.8) is 0 Å². The van der Waals surface area contributed by atoms with Crippen LogP contribution in [0, 0.1) is 0 Å². The Bertz CT molecular complexity index is 497. The molecule has 2 rings (SSSR count). The quantitative estimate of drug-likeness (QED) is 0.765. The van der Waals surface area contributed by atoms with E-state index < -0.39 is 0 Å². The lowest BCUT2D eigenvalue weighted by Crippen LogP contribution is -2.53. The molecule has 1 saturated heterocycles. The average Bonchev–Trinajstić information content (AvgIpc) is 2.48. The number of halogens is 2. The van der Waals surface area contributed by atoms with Gasteiger partial charge in [-0.15, -0.1) is 0 Å². The van der Waals surface area contributed by atoms with E-state index in [1.807, 2.05) is 26.0 Å². The summed E-state index contributed by atoms with van der Waals surface area (Å²) < 4.78 is 5.16. The predicted octanol–water partition coefficient (Wildman–Crippen LogP) is 3.46. The maximum Gasteiger partial charge on any atom is 0.323 e. The molecule has 0 amide bonds. The molecule has 0 aliphatic carbocycles. The molecule has 1 fully saturated rings. The van der Waals surface area contributed by atoms with E-state index in [0.29, 0.717) is 16.7 Å². The summed E-state index contributed by atoms with van der Waals surface area (Å²) in [6, 6.07) is 5.43. The van der Waals surface area contributed by atoms with Crippen LogP contribution in [0.25, 0.3) is 0 Å². The Morgan fingerprint density at radius 3 is 2.23 bits per heavy atom. The number of anilines is 1. The van der Waals surface area contributed by atoms with Gasteiger partial charge in [0, 0.05) is 41.9 Å². The highest BCUT2D eigenvalue weighted by Crippen LogP contribution is 2.26. The van der Waals surface area contributed by atoms with Crippen molar-refractivity contribution in [2.75, 3.05) is 37.7 Å². The third kappa shape index (κ3) is 4.28. The molecule has 122 valence electrons. The minimum atomic E-state index is -0.148. The maximum atomic E-state index is 12.0. The molecule has 6 heteroatoms. The number of carbonyl (C=O) groups excluding carboxylic acids is 1. The molecule has 0 saturated carbocycles.